The van der Waals surface area contributed by atoms with Gasteiger partial charge in [-0.25, -0.2) is 22.2 Å². The summed E-state index contributed by atoms with van der Waals surface area (Å²) < 4.78 is 52.6. The zero-order valence-corrected chi connectivity index (χ0v) is 17.1. The predicted molar refractivity (Wildman–Crippen MR) is 109 cm³/mol. The average Bonchev–Trinajstić information content (AvgIpc) is 2.86. The quantitative estimate of drug-likeness (QED) is 0.510. The van der Waals surface area contributed by atoms with Crippen molar-refractivity contribution in [2.75, 3.05) is 10.6 Å². The molecule has 1 aliphatic rings. The molecule has 0 aliphatic carbocycles. The van der Waals surface area contributed by atoms with Gasteiger partial charge in [0, 0.05) is 6.04 Å². The number of aliphatic hydroxyl groups excluding tert-OH is 1. The van der Waals surface area contributed by atoms with Gasteiger partial charge in [-0.1, -0.05) is 36.4 Å². The summed E-state index contributed by atoms with van der Waals surface area (Å²) in [6.45, 7) is 0. The number of sulfonamides is 1. The predicted octanol–water partition coefficient (Wildman–Crippen LogP) is 1.11. The molecule has 0 spiro atoms. The maximum absolute atomic E-state index is 12.0. The number of phenols is 1. The molecule has 9 nitrogen and oxygen atoms in total. The van der Waals surface area contributed by atoms with Gasteiger partial charge in [0.1, 0.15) is 11.4 Å². The molecule has 0 fully saturated rings. The Morgan fingerprint density at radius 2 is 1.72 bits per heavy atom. The van der Waals surface area contributed by atoms with Gasteiger partial charge in [-0.3, -0.25) is 0 Å². The van der Waals surface area contributed by atoms with E-state index in [1.807, 2.05) is 35.1 Å². The highest BCUT2D eigenvalue weighted by atomic mass is 32.2. The van der Waals surface area contributed by atoms with E-state index in [4.69, 9.17) is 0 Å². The van der Waals surface area contributed by atoms with E-state index in [0.717, 1.165) is 22.3 Å². The molecule has 11 heteroatoms. The van der Waals surface area contributed by atoms with Gasteiger partial charge in [0.2, 0.25) is 15.9 Å². The molecule has 1 heterocycles. The summed E-state index contributed by atoms with van der Waals surface area (Å²) in [7, 11) is -7.48. The Labute approximate surface area is 169 Å². The van der Waals surface area contributed by atoms with E-state index < -0.39 is 32.2 Å². The first-order valence-electron chi connectivity index (χ1n) is 8.59. The summed E-state index contributed by atoms with van der Waals surface area (Å²) in [4.78, 5) is 0. The highest BCUT2D eigenvalue weighted by Gasteiger charge is 2.30. The second-order valence-corrected chi connectivity index (χ2v) is 10.0. The summed E-state index contributed by atoms with van der Waals surface area (Å²) in [6, 6.07) is 13.3. The lowest BCUT2D eigenvalue weighted by molar-refractivity contribution is 0.392. The average molecular weight is 440 g/mol. The van der Waals surface area contributed by atoms with Crippen LogP contribution in [-0.2, 0) is 33.1 Å². The molecule has 0 saturated carbocycles. The van der Waals surface area contributed by atoms with E-state index in [2.05, 4.69) is 4.72 Å². The molecule has 2 aromatic rings. The lowest BCUT2D eigenvalue weighted by Crippen LogP contribution is -2.37. The van der Waals surface area contributed by atoms with Gasteiger partial charge in [-0.05, 0) is 36.1 Å². The third kappa shape index (κ3) is 5.40. The van der Waals surface area contributed by atoms with Crippen LogP contribution in [-0.4, -0.2) is 39.3 Å². The van der Waals surface area contributed by atoms with Crippen molar-refractivity contribution < 1.29 is 27.0 Å². The molecule has 0 saturated heterocycles. The minimum Gasteiger partial charge on any atom is -0.506 e. The Morgan fingerprint density at radius 1 is 1.07 bits per heavy atom. The number of anilines is 1. The Hall–Kier alpha value is -2.76. The number of nitrogens with zero attached hydrogens (tertiary/aromatic N) is 1. The fourth-order valence-corrected chi connectivity index (χ4v) is 4.95. The minimum absolute atomic E-state index is 0.0408. The molecule has 0 aromatic heterocycles. The molecule has 4 N–H and O–H groups in total. The van der Waals surface area contributed by atoms with E-state index in [1.54, 1.807) is 6.07 Å². The first-order valence-corrected chi connectivity index (χ1v) is 11.9. The Kier molecular flexibility index (Phi) is 5.73. The van der Waals surface area contributed by atoms with Crippen LogP contribution in [0.2, 0.25) is 0 Å². The van der Waals surface area contributed by atoms with Crippen molar-refractivity contribution in [1.29, 1.82) is 0 Å². The SMILES string of the molecule is CS(=O)(=O)NC(Cc1ccccc1)Cc1ccc(N2C=C(O)NS2(=O)=O)c(O)c1. The van der Waals surface area contributed by atoms with Gasteiger partial charge in [-0.15, -0.1) is 0 Å². The molecule has 3 rings (SSSR count). The van der Waals surface area contributed by atoms with Crippen molar-refractivity contribution in [3.63, 3.8) is 0 Å². The van der Waals surface area contributed by atoms with E-state index in [-0.39, 0.29) is 17.9 Å². The van der Waals surface area contributed by atoms with Crippen molar-refractivity contribution >= 4 is 25.9 Å². The number of rotatable bonds is 7. The van der Waals surface area contributed by atoms with Crippen molar-refractivity contribution in [1.82, 2.24) is 9.44 Å². The van der Waals surface area contributed by atoms with Crippen molar-refractivity contribution in [2.24, 2.45) is 0 Å². The van der Waals surface area contributed by atoms with Crippen LogP contribution in [0, 0.1) is 0 Å². The smallest absolute Gasteiger partial charge is 0.330 e. The maximum atomic E-state index is 12.0. The van der Waals surface area contributed by atoms with Crippen LogP contribution in [0.5, 0.6) is 5.75 Å². The number of phenolic OH excluding ortho intramolecular Hbond substituents is 1. The number of hydrogen-bond acceptors (Lipinski definition) is 6. The van der Waals surface area contributed by atoms with E-state index in [9.17, 15) is 27.0 Å². The molecular weight excluding hydrogens is 418 g/mol. The third-order valence-electron chi connectivity index (χ3n) is 4.20. The molecule has 2 aromatic carbocycles. The third-order valence-corrected chi connectivity index (χ3v) is 6.25. The monoisotopic (exact) mass is 439 g/mol. The van der Waals surface area contributed by atoms with Gasteiger partial charge < -0.3 is 10.2 Å². The lowest BCUT2D eigenvalue weighted by atomic mass is 9.99. The largest absolute Gasteiger partial charge is 0.506 e. The van der Waals surface area contributed by atoms with Crippen LogP contribution >= 0.6 is 0 Å². The molecular formula is C18H21N3O6S2. The van der Waals surface area contributed by atoms with E-state index >= 15 is 0 Å². The van der Waals surface area contributed by atoms with Gasteiger partial charge in [0.25, 0.3) is 0 Å². The van der Waals surface area contributed by atoms with Gasteiger partial charge in [0.15, 0.2) is 0 Å². The van der Waals surface area contributed by atoms with Crippen LogP contribution in [0.1, 0.15) is 11.1 Å². The van der Waals surface area contributed by atoms with Gasteiger partial charge in [-0.2, -0.15) is 8.42 Å². The van der Waals surface area contributed by atoms with Crippen molar-refractivity contribution in [2.45, 2.75) is 18.9 Å². The van der Waals surface area contributed by atoms with Crippen LogP contribution in [0.3, 0.4) is 0 Å². The fraction of sp³-hybridized carbons (Fsp3) is 0.222. The number of aromatic hydroxyl groups is 1. The highest BCUT2D eigenvalue weighted by molar-refractivity contribution is 7.91. The topological polar surface area (TPSA) is 136 Å². The zero-order valence-electron chi connectivity index (χ0n) is 15.5. The van der Waals surface area contributed by atoms with Gasteiger partial charge in [0.05, 0.1) is 12.5 Å². The number of nitrogens with one attached hydrogen (secondary N) is 2. The summed E-state index contributed by atoms with van der Waals surface area (Å²) in [5.74, 6) is -0.884. The molecule has 0 bridgehead atoms. The first kappa shape index (κ1) is 21.0. The molecule has 1 unspecified atom stereocenters. The van der Waals surface area contributed by atoms with Crippen molar-refractivity contribution in [3.05, 3.63) is 71.7 Å². The van der Waals surface area contributed by atoms with Crippen molar-refractivity contribution in [3.8, 4) is 5.75 Å². The Bertz CT molecular complexity index is 1130. The molecule has 0 radical (unpaired) electrons. The van der Waals surface area contributed by atoms with E-state index in [1.165, 1.54) is 12.1 Å². The number of aliphatic hydroxyl groups is 1. The summed E-state index contributed by atoms with van der Waals surface area (Å²) in [5.41, 5.74) is 1.52. The second-order valence-electron chi connectivity index (χ2n) is 6.72. The molecule has 0 amide bonds. The Balaban J connectivity index is 1.84. The molecule has 29 heavy (non-hydrogen) atoms. The number of hydrogen-bond donors (Lipinski definition) is 4. The summed E-state index contributed by atoms with van der Waals surface area (Å²) in [6.07, 6.45) is 2.74. The highest BCUT2D eigenvalue weighted by Crippen LogP contribution is 2.32. The molecule has 1 aliphatic heterocycles. The summed E-state index contributed by atoms with van der Waals surface area (Å²) in [5, 5.41) is 19.7. The van der Waals surface area contributed by atoms with E-state index in [0.29, 0.717) is 12.0 Å². The van der Waals surface area contributed by atoms with Crippen LogP contribution in [0.4, 0.5) is 5.69 Å². The number of benzene rings is 2. The summed E-state index contributed by atoms with van der Waals surface area (Å²) >= 11 is 0. The molecule has 1 atom stereocenters. The Morgan fingerprint density at radius 3 is 2.28 bits per heavy atom. The standard InChI is InChI=1S/C18H21N3O6S2/c1-28(24,25)19-15(9-13-5-3-2-4-6-13)10-14-7-8-16(17(22)11-14)21-12-18(23)20-29(21,26)27/h2-8,11-12,15,19-20,22-23H,9-10H2,1H3. The molecule has 156 valence electrons. The van der Waals surface area contributed by atoms with Gasteiger partial charge >= 0.3 is 10.2 Å². The maximum Gasteiger partial charge on any atom is 0.330 e. The zero-order chi connectivity index (χ0) is 21.2. The van der Waals surface area contributed by atoms with Crippen LogP contribution < -0.4 is 13.7 Å². The normalized spacial score (nSPS) is 16.9. The lowest BCUT2D eigenvalue weighted by Gasteiger charge is -2.20. The van der Waals surface area contributed by atoms with Crippen LogP contribution in [0.15, 0.2) is 60.6 Å². The second kappa shape index (κ2) is 7.93. The fourth-order valence-electron chi connectivity index (χ4n) is 3.11. The van der Waals surface area contributed by atoms with Crippen LogP contribution in [0.25, 0.3) is 0 Å². The first-order chi connectivity index (χ1) is 13.5. The minimum atomic E-state index is -4.02.